The molecule has 0 heterocycles. The van der Waals surface area contributed by atoms with Crippen LogP contribution in [0.4, 0.5) is 5.69 Å². The zero-order valence-electron chi connectivity index (χ0n) is 25.7. The van der Waals surface area contributed by atoms with Crippen molar-refractivity contribution in [2.45, 2.75) is 64.6 Å². The lowest BCUT2D eigenvalue weighted by atomic mass is 10.1. The van der Waals surface area contributed by atoms with Gasteiger partial charge < -0.3 is 19.7 Å². The number of aryl methyl sites for hydroxylation is 2. The van der Waals surface area contributed by atoms with Gasteiger partial charge in [-0.25, -0.2) is 8.42 Å². The van der Waals surface area contributed by atoms with Crippen LogP contribution in [0.2, 0.25) is 0 Å². The second-order valence-electron chi connectivity index (χ2n) is 10.5. The molecule has 0 aliphatic carbocycles. The molecule has 2 amide bonds. The van der Waals surface area contributed by atoms with Crippen molar-refractivity contribution in [1.82, 2.24) is 10.2 Å². The molecule has 0 aliphatic heterocycles. The molecule has 2 unspecified atom stereocenters. The molecule has 1 N–H and O–H groups in total. The fourth-order valence-electron chi connectivity index (χ4n) is 4.61. The van der Waals surface area contributed by atoms with Gasteiger partial charge in [-0.2, -0.15) is 0 Å². The van der Waals surface area contributed by atoms with Gasteiger partial charge in [0, 0.05) is 23.1 Å². The van der Waals surface area contributed by atoms with E-state index in [-0.39, 0.29) is 29.1 Å². The Labute approximate surface area is 263 Å². The number of halogens is 1. The maximum absolute atomic E-state index is 14.2. The third-order valence-electron chi connectivity index (χ3n) is 7.13. The molecule has 0 aliphatic rings. The molecule has 0 spiro atoms. The summed E-state index contributed by atoms with van der Waals surface area (Å²) in [5, 5.41) is 2.94. The number of nitrogens with one attached hydrogen (secondary N) is 1. The summed E-state index contributed by atoms with van der Waals surface area (Å²) in [4.78, 5) is 28.8. The van der Waals surface area contributed by atoms with E-state index in [0.29, 0.717) is 11.4 Å². The van der Waals surface area contributed by atoms with Crippen molar-refractivity contribution < 1.29 is 27.5 Å². The first-order valence-corrected chi connectivity index (χ1v) is 16.2. The van der Waals surface area contributed by atoms with Crippen LogP contribution in [0, 0.1) is 13.8 Å². The number of nitrogens with zero attached hydrogens (tertiary/aromatic N) is 2. The summed E-state index contributed by atoms with van der Waals surface area (Å²) in [6, 6.07) is 16.1. The Morgan fingerprint density at radius 2 is 1.58 bits per heavy atom. The lowest BCUT2D eigenvalue weighted by Gasteiger charge is -2.32. The molecule has 0 fully saturated rings. The summed E-state index contributed by atoms with van der Waals surface area (Å²) in [5.74, 6) is -0.243. The third-order valence-corrected chi connectivity index (χ3v) is 9.39. The predicted octanol–water partition coefficient (Wildman–Crippen LogP) is 5.61. The molecule has 0 saturated carbocycles. The molecule has 11 heteroatoms. The van der Waals surface area contributed by atoms with Crippen LogP contribution in [0.5, 0.6) is 11.5 Å². The minimum Gasteiger partial charge on any atom is -0.493 e. The van der Waals surface area contributed by atoms with Crippen molar-refractivity contribution in [2.24, 2.45) is 0 Å². The smallest absolute Gasteiger partial charge is 0.264 e. The Bertz CT molecular complexity index is 1540. The van der Waals surface area contributed by atoms with Gasteiger partial charge in [0.25, 0.3) is 10.0 Å². The van der Waals surface area contributed by atoms with Gasteiger partial charge in [0.15, 0.2) is 11.5 Å². The second-order valence-corrected chi connectivity index (χ2v) is 13.3. The summed E-state index contributed by atoms with van der Waals surface area (Å²) in [6.45, 7) is 8.79. The van der Waals surface area contributed by atoms with Gasteiger partial charge in [-0.3, -0.25) is 13.9 Å². The maximum atomic E-state index is 14.2. The van der Waals surface area contributed by atoms with Crippen LogP contribution >= 0.6 is 15.9 Å². The summed E-state index contributed by atoms with van der Waals surface area (Å²) >= 11 is 3.47. The number of carbonyl (C=O) groups excluding carboxylic acids is 2. The van der Waals surface area contributed by atoms with Gasteiger partial charge in [-0.05, 0) is 87.2 Å². The summed E-state index contributed by atoms with van der Waals surface area (Å²) in [6.07, 6.45) is 0.724. The number of carbonyl (C=O) groups is 2. The second kappa shape index (κ2) is 14.7. The minimum absolute atomic E-state index is 0.0711. The van der Waals surface area contributed by atoms with Crippen LogP contribution in [0.1, 0.15) is 43.9 Å². The topological polar surface area (TPSA) is 105 Å². The van der Waals surface area contributed by atoms with Gasteiger partial charge in [-0.1, -0.05) is 41.1 Å². The van der Waals surface area contributed by atoms with E-state index in [0.717, 1.165) is 31.9 Å². The van der Waals surface area contributed by atoms with Crippen LogP contribution in [0.3, 0.4) is 0 Å². The van der Waals surface area contributed by atoms with Crippen molar-refractivity contribution in [1.29, 1.82) is 0 Å². The van der Waals surface area contributed by atoms with Gasteiger partial charge >= 0.3 is 0 Å². The number of ether oxygens (including phenoxy) is 2. The molecule has 2 atom stereocenters. The van der Waals surface area contributed by atoms with E-state index in [2.05, 4.69) is 21.2 Å². The van der Waals surface area contributed by atoms with Crippen molar-refractivity contribution >= 4 is 43.5 Å². The molecule has 0 saturated heterocycles. The maximum Gasteiger partial charge on any atom is 0.264 e. The highest BCUT2D eigenvalue weighted by Gasteiger charge is 2.33. The first kappa shape index (κ1) is 33.9. The molecule has 3 aromatic carbocycles. The van der Waals surface area contributed by atoms with E-state index in [4.69, 9.17) is 9.47 Å². The van der Waals surface area contributed by atoms with E-state index in [9.17, 15) is 18.0 Å². The summed E-state index contributed by atoms with van der Waals surface area (Å²) < 4.78 is 41.0. The number of anilines is 1. The Morgan fingerprint density at radius 3 is 2.16 bits per heavy atom. The molecular weight excluding hydrogens is 634 g/mol. The van der Waals surface area contributed by atoms with Crippen molar-refractivity contribution in [3.05, 3.63) is 81.8 Å². The molecule has 43 heavy (non-hydrogen) atoms. The minimum atomic E-state index is -4.28. The molecular formula is C32H40BrN3O6S. The number of hydrogen-bond acceptors (Lipinski definition) is 6. The molecule has 0 radical (unpaired) electrons. The van der Waals surface area contributed by atoms with Crippen LogP contribution in [-0.2, 0) is 26.2 Å². The average molecular weight is 675 g/mol. The summed E-state index contributed by atoms with van der Waals surface area (Å²) in [5.41, 5.74) is 2.79. The van der Waals surface area contributed by atoms with Crippen LogP contribution in [0.15, 0.2) is 70.0 Å². The normalized spacial score (nSPS) is 12.7. The lowest BCUT2D eigenvalue weighted by Crippen LogP contribution is -2.52. The molecule has 3 aromatic rings. The van der Waals surface area contributed by atoms with Crippen LogP contribution in [-0.4, -0.2) is 58.0 Å². The number of sulfonamides is 1. The quantitative estimate of drug-likeness (QED) is 0.253. The zero-order chi connectivity index (χ0) is 31.9. The number of benzene rings is 3. The Balaban J connectivity index is 2.11. The largest absolute Gasteiger partial charge is 0.493 e. The van der Waals surface area contributed by atoms with E-state index in [1.165, 1.54) is 37.3 Å². The van der Waals surface area contributed by atoms with Crippen molar-refractivity contribution in [3.63, 3.8) is 0 Å². The fourth-order valence-corrected chi connectivity index (χ4v) is 6.47. The molecule has 0 bridgehead atoms. The first-order chi connectivity index (χ1) is 20.3. The van der Waals surface area contributed by atoms with E-state index < -0.39 is 28.5 Å². The van der Waals surface area contributed by atoms with Gasteiger partial charge in [0.2, 0.25) is 11.8 Å². The highest BCUT2D eigenvalue weighted by molar-refractivity contribution is 9.10. The van der Waals surface area contributed by atoms with Crippen molar-refractivity contribution in [2.75, 3.05) is 25.1 Å². The van der Waals surface area contributed by atoms with Crippen molar-refractivity contribution in [3.8, 4) is 11.5 Å². The Hall–Kier alpha value is -3.57. The zero-order valence-corrected chi connectivity index (χ0v) is 28.1. The highest BCUT2D eigenvalue weighted by atomic mass is 79.9. The van der Waals surface area contributed by atoms with E-state index >= 15 is 0 Å². The number of amides is 2. The molecule has 3 rings (SSSR count). The van der Waals surface area contributed by atoms with Crippen LogP contribution < -0.4 is 19.1 Å². The van der Waals surface area contributed by atoms with Crippen LogP contribution in [0.25, 0.3) is 0 Å². The van der Waals surface area contributed by atoms with Gasteiger partial charge in [-0.15, -0.1) is 0 Å². The monoisotopic (exact) mass is 673 g/mol. The van der Waals surface area contributed by atoms with Gasteiger partial charge in [0.05, 0.1) is 24.8 Å². The highest BCUT2D eigenvalue weighted by Crippen LogP contribution is 2.33. The first-order valence-electron chi connectivity index (χ1n) is 14.0. The SMILES string of the molecule is CCC(C)NC(=O)C(C)N(Cc1cccc(Br)c1)C(=O)CN(c1cc(C)cc(C)c1)S(=O)(=O)c1ccc(OC)c(OC)c1. The Morgan fingerprint density at radius 1 is 0.930 bits per heavy atom. The number of rotatable bonds is 13. The molecule has 232 valence electrons. The lowest BCUT2D eigenvalue weighted by molar-refractivity contribution is -0.139. The van der Waals surface area contributed by atoms with Gasteiger partial charge in [0.1, 0.15) is 12.6 Å². The third kappa shape index (κ3) is 8.51. The number of hydrogen-bond donors (Lipinski definition) is 1. The molecule has 0 aromatic heterocycles. The predicted molar refractivity (Wildman–Crippen MR) is 172 cm³/mol. The van der Waals surface area contributed by atoms with E-state index in [1.54, 1.807) is 19.1 Å². The average Bonchev–Trinajstić information content (AvgIpc) is 2.96. The fraction of sp³-hybridized carbons (Fsp3) is 0.375. The number of methoxy groups -OCH3 is 2. The Kier molecular flexibility index (Phi) is 11.6. The molecule has 9 nitrogen and oxygen atoms in total. The standard InChI is InChI=1S/C32H40BrN3O6S/c1-8-23(4)34-32(38)24(5)35(19-25-10-9-11-26(33)17-25)31(37)20-36(27-15-21(2)14-22(3)16-27)43(39,40)28-12-13-29(41-6)30(18-28)42-7/h9-18,23-24H,8,19-20H2,1-7H3,(H,34,38). The van der Waals surface area contributed by atoms with E-state index in [1.807, 2.05) is 58.0 Å². The summed E-state index contributed by atoms with van der Waals surface area (Å²) in [7, 11) is -1.40.